The first kappa shape index (κ1) is 13.5. The van der Waals surface area contributed by atoms with Gasteiger partial charge in [-0.2, -0.15) is 0 Å². The predicted molar refractivity (Wildman–Crippen MR) is 68.1 cm³/mol. The van der Waals surface area contributed by atoms with Crippen molar-refractivity contribution >= 4 is 17.6 Å². The van der Waals surface area contributed by atoms with E-state index in [1.165, 1.54) is 18.2 Å². The molecule has 0 unspecified atom stereocenters. The van der Waals surface area contributed by atoms with Crippen LogP contribution in [0.3, 0.4) is 0 Å². The van der Waals surface area contributed by atoms with Gasteiger partial charge in [-0.05, 0) is 29.3 Å². The van der Waals surface area contributed by atoms with Crippen LogP contribution in [0.15, 0.2) is 36.4 Å². The summed E-state index contributed by atoms with van der Waals surface area (Å²) in [6.07, 6.45) is -0.155. The average Bonchev–Trinajstić information content (AvgIpc) is 2.26. The van der Waals surface area contributed by atoms with E-state index >= 15 is 0 Å². The summed E-state index contributed by atoms with van der Waals surface area (Å²) in [5.74, 6) is -2.36. The quantitative estimate of drug-likeness (QED) is 0.926. The van der Waals surface area contributed by atoms with Crippen LogP contribution < -0.4 is 0 Å². The molecule has 19 heavy (non-hydrogen) atoms. The number of carboxylic acids is 1. The smallest absolute Gasteiger partial charge is 0.307 e. The molecule has 0 atom stereocenters. The van der Waals surface area contributed by atoms with Crippen molar-refractivity contribution in [2.24, 2.45) is 0 Å². The molecule has 0 fully saturated rings. The number of hydrogen-bond donors (Lipinski definition) is 1. The van der Waals surface area contributed by atoms with E-state index in [-0.39, 0.29) is 11.4 Å². The van der Waals surface area contributed by atoms with Crippen LogP contribution in [0.2, 0.25) is 5.02 Å². The summed E-state index contributed by atoms with van der Waals surface area (Å²) in [5, 5.41) is 8.93. The largest absolute Gasteiger partial charge is 0.481 e. The van der Waals surface area contributed by atoms with Crippen LogP contribution in [0.4, 0.5) is 8.78 Å². The van der Waals surface area contributed by atoms with E-state index in [0.717, 1.165) is 6.07 Å². The molecule has 0 bridgehead atoms. The highest BCUT2D eigenvalue weighted by molar-refractivity contribution is 6.33. The Labute approximate surface area is 113 Å². The maximum Gasteiger partial charge on any atom is 0.307 e. The third-order valence-electron chi connectivity index (χ3n) is 2.56. The number of hydrogen-bond acceptors (Lipinski definition) is 1. The zero-order valence-corrected chi connectivity index (χ0v) is 10.4. The molecule has 0 aliphatic carbocycles. The Bertz CT molecular complexity index is 621. The molecule has 2 aromatic carbocycles. The predicted octanol–water partition coefficient (Wildman–Crippen LogP) is 3.91. The van der Waals surface area contributed by atoms with Crippen molar-refractivity contribution in [2.75, 3.05) is 0 Å². The first-order valence-electron chi connectivity index (χ1n) is 5.42. The van der Waals surface area contributed by atoms with E-state index in [0.29, 0.717) is 16.7 Å². The van der Waals surface area contributed by atoms with Crippen LogP contribution in [0, 0.1) is 11.6 Å². The topological polar surface area (TPSA) is 37.3 Å². The summed E-state index contributed by atoms with van der Waals surface area (Å²) >= 11 is 6.01. The van der Waals surface area contributed by atoms with Crippen LogP contribution in [0.5, 0.6) is 0 Å². The highest BCUT2D eigenvalue weighted by Crippen LogP contribution is 2.30. The van der Waals surface area contributed by atoms with Crippen molar-refractivity contribution in [3.05, 3.63) is 58.6 Å². The summed E-state index contributed by atoms with van der Waals surface area (Å²) in [6.45, 7) is 0. The molecule has 1 N–H and O–H groups in total. The first-order chi connectivity index (χ1) is 8.95. The maximum absolute atomic E-state index is 13.1. The van der Waals surface area contributed by atoms with Crippen molar-refractivity contribution in [1.82, 2.24) is 0 Å². The minimum absolute atomic E-state index is 0.155. The third-order valence-corrected chi connectivity index (χ3v) is 2.88. The molecule has 0 saturated carbocycles. The van der Waals surface area contributed by atoms with E-state index in [9.17, 15) is 13.6 Å². The fraction of sp³-hybridized carbons (Fsp3) is 0.0714. The molecule has 0 heterocycles. The lowest BCUT2D eigenvalue weighted by Crippen LogP contribution is -1.99. The lowest BCUT2D eigenvalue weighted by molar-refractivity contribution is -0.136. The fourth-order valence-electron chi connectivity index (χ4n) is 1.79. The van der Waals surface area contributed by atoms with Gasteiger partial charge in [-0.15, -0.1) is 0 Å². The Morgan fingerprint density at radius 2 is 1.74 bits per heavy atom. The van der Waals surface area contributed by atoms with Gasteiger partial charge in [-0.25, -0.2) is 8.78 Å². The molecule has 2 aromatic rings. The van der Waals surface area contributed by atoms with E-state index in [1.807, 2.05) is 0 Å². The number of carboxylic acid groups (broad SMARTS) is 1. The Morgan fingerprint density at radius 1 is 1.11 bits per heavy atom. The highest BCUT2D eigenvalue weighted by Gasteiger charge is 2.09. The molecule has 0 amide bonds. The summed E-state index contributed by atoms with van der Waals surface area (Å²) in [4.78, 5) is 10.6. The fourth-order valence-corrected chi connectivity index (χ4v) is 2.10. The number of aliphatic carboxylic acids is 1. The normalized spacial score (nSPS) is 10.5. The molecule has 5 heteroatoms. The summed E-state index contributed by atoms with van der Waals surface area (Å²) in [7, 11) is 0. The van der Waals surface area contributed by atoms with Crippen molar-refractivity contribution in [3.8, 4) is 11.1 Å². The molecular formula is C14H9ClF2O2. The van der Waals surface area contributed by atoms with Gasteiger partial charge in [0.1, 0.15) is 11.6 Å². The van der Waals surface area contributed by atoms with Crippen LogP contribution in [0.1, 0.15) is 5.56 Å². The molecule has 0 spiro atoms. The second kappa shape index (κ2) is 5.36. The molecule has 0 saturated heterocycles. The van der Waals surface area contributed by atoms with Gasteiger partial charge in [0.2, 0.25) is 0 Å². The van der Waals surface area contributed by atoms with E-state index in [2.05, 4.69) is 0 Å². The van der Waals surface area contributed by atoms with E-state index in [4.69, 9.17) is 16.7 Å². The Balaban J connectivity index is 2.42. The molecule has 2 rings (SSSR count). The minimum Gasteiger partial charge on any atom is -0.481 e. The van der Waals surface area contributed by atoms with E-state index in [1.54, 1.807) is 12.1 Å². The van der Waals surface area contributed by atoms with Gasteiger partial charge in [0.15, 0.2) is 0 Å². The molecule has 0 aliphatic rings. The maximum atomic E-state index is 13.1. The van der Waals surface area contributed by atoms with Crippen LogP contribution >= 0.6 is 11.6 Å². The Morgan fingerprint density at radius 3 is 2.26 bits per heavy atom. The van der Waals surface area contributed by atoms with Crippen molar-refractivity contribution in [3.63, 3.8) is 0 Å². The zero-order valence-electron chi connectivity index (χ0n) is 9.66. The van der Waals surface area contributed by atoms with E-state index < -0.39 is 17.6 Å². The Hall–Kier alpha value is -1.94. The molecule has 0 radical (unpaired) electrons. The van der Waals surface area contributed by atoms with Crippen molar-refractivity contribution < 1.29 is 18.7 Å². The minimum atomic E-state index is -0.972. The van der Waals surface area contributed by atoms with Crippen molar-refractivity contribution in [2.45, 2.75) is 6.42 Å². The zero-order chi connectivity index (χ0) is 14.0. The lowest BCUT2D eigenvalue weighted by Gasteiger charge is -2.07. The lowest BCUT2D eigenvalue weighted by atomic mass is 10.0. The van der Waals surface area contributed by atoms with Gasteiger partial charge in [0.05, 0.1) is 6.42 Å². The van der Waals surface area contributed by atoms with Gasteiger partial charge in [0, 0.05) is 16.7 Å². The molecule has 0 aromatic heterocycles. The average molecular weight is 283 g/mol. The Kier molecular flexibility index (Phi) is 3.81. The first-order valence-corrected chi connectivity index (χ1v) is 5.80. The number of halogens is 3. The molecule has 98 valence electrons. The van der Waals surface area contributed by atoms with Gasteiger partial charge >= 0.3 is 5.97 Å². The molecular weight excluding hydrogens is 274 g/mol. The van der Waals surface area contributed by atoms with Gasteiger partial charge in [0.25, 0.3) is 0 Å². The SMILES string of the molecule is O=C(O)Cc1ccc(-c2cc(F)cc(F)c2)c(Cl)c1. The van der Waals surface area contributed by atoms with Gasteiger partial charge in [-0.3, -0.25) is 4.79 Å². The second-order valence-electron chi connectivity index (χ2n) is 4.04. The molecule has 2 nitrogen and oxygen atoms in total. The van der Waals surface area contributed by atoms with Crippen LogP contribution in [0.25, 0.3) is 11.1 Å². The summed E-state index contributed by atoms with van der Waals surface area (Å²) in [5.41, 5.74) is 1.29. The second-order valence-corrected chi connectivity index (χ2v) is 4.45. The monoisotopic (exact) mass is 282 g/mol. The standard InChI is InChI=1S/C14H9ClF2O2/c15-13-3-8(4-14(18)19)1-2-12(13)9-5-10(16)7-11(17)6-9/h1-3,5-7H,4H2,(H,18,19). The number of rotatable bonds is 3. The molecule has 0 aliphatic heterocycles. The summed E-state index contributed by atoms with van der Waals surface area (Å²) in [6, 6.07) is 7.71. The summed E-state index contributed by atoms with van der Waals surface area (Å²) < 4.78 is 26.3. The van der Waals surface area contributed by atoms with Gasteiger partial charge in [-0.1, -0.05) is 23.7 Å². The number of benzene rings is 2. The number of carbonyl (C=O) groups is 1. The van der Waals surface area contributed by atoms with Crippen molar-refractivity contribution in [1.29, 1.82) is 0 Å². The van der Waals surface area contributed by atoms with Gasteiger partial charge < -0.3 is 5.11 Å². The van der Waals surface area contributed by atoms with Crippen LogP contribution in [-0.4, -0.2) is 11.1 Å². The highest BCUT2D eigenvalue weighted by atomic mass is 35.5. The van der Waals surface area contributed by atoms with Crippen LogP contribution in [-0.2, 0) is 11.2 Å². The third kappa shape index (κ3) is 3.29.